The number of H-pyrrole nitrogens is 1. The number of esters is 1. The first-order chi connectivity index (χ1) is 10.6. The van der Waals surface area contributed by atoms with E-state index in [1.165, 1.54) is 14.2 Å². The van der Waals surface area contributed by atoms with Crippen molar-refractivity contribution in [2.75, 3.05) is 19.5 Å². The number of carbonyl (C=O) groups excluding carboxylic acids is 1. The van der Waals surface area contributed by atoms with Gasteiger partial charge in [-0.1, -0.05) is 0 Å². The minimum Gasteiger partial charge on any atom is -0.493 e. The number of ether oxygens (including phenoxy) is 3. The highest BCUT2D eigenvalue weighted by atomic mass is 79.9. The SMILES string of the molecule is COc1ccc2c(c1OC)C(=O)OC2Nc1ccc(Br)c[nH+]1. The Morgan fingerprint density at radius 2 is 2.05 bits per heavy atom. The molecule has 0 saturated carbocycles. The number of pyridine rings is 1. The molecule has 0 fully saturated rings. The van der Waals surface area contributed by atoms with Gasteiger partial charge in [0.15, 0.2) is 11.5 Å². The summed E-state index contributed by atoms with van der Waals surface area (Å²) in [4.78, 5) is 15.2. The summed E-state index contributed by atoms with van der Waals surface area (Å²) in [7, 11) is 3.02. The molecular weight excluding hydrogens is 352 g/mol. The van der Waals surface area contributed by atoms with Gasteiger partial charge in [0.05, 0.1) is 24.3 Å². The largest absolute Gasteiger partial charge is 0.493 e. The molecule has 0 bridgehead atoms. The van der Waals surface area contributed by atoms with Gasteiger partial charge in [-0.25, -0.2) is 15.1 Å². The Morgan fingerprint density at radius 1 is 1.23 bits per heavy atom. The number of aromatic nitrogens is 1. The van der Waals surface area contributed by atoms with Gasteiger partial charge in [-0.3, -0.25) is 0 Å². The first-order valence-electron chi connectivity index (χ1n) is 6.53. The second kappa shape index (κ2) is 5.84. The topological polar surface area (TPSA) is 70.9 Å². The van der Waals surface area contributed by atoms with Gasteiger partial charge in [0.25, 0.3) is 12.0 Å². The van der Waals surface area contributed by atoms with E-state index in [-0.39, 0.29) is 0 Å². The van der Waals surface area contributed by atoms with Crippen LogP contribution in [-0.2, 0) is 4.74 Å². The van der Waals surface area contributed by atoms with E-state index in [0.717, 1.165) is 10.3 Å². The standard InChI is InChI=1S/C15H13BrN2O4/c1-20-10-5-4-9-12(13(10)21-2)15(19)22-14(9)18-11-6-3-8(16)7-17-11/h3-7,14H,1-2H3,(H,17,18)/p+1. The van der Waals surface area contributed by atoms with Crippen LogP contribution in [0.4, 0.5) is 5.82 Å². The number of hydrogen-bond acceptors (Lipinski definition) is 5. The highest BCUT2D eigenvalue weighted by molar-refractivity contribution is 9.10. The van der Waals surface area contributed by atoms with Crippen molar-refractivity contribution < 1.29 is 24.0 Å². The predicted octanol–water partition coefficient (Wildman–Crippen LogP) is 2.56. The van der Waals surface area contributed by atoms with Crippen LogP contribution in [0, 0.1) is 0 Å². The van der Waals surface area contributed by atoms with Gasteiger partial charge in [0, 0.05) is 6.07 Å². The summed E-state index contributed by atoms with van der Waals surface area (Å²) in [6, 6.07) is 7.26. The zero-order chi connectivity index (χ0) is 15.7. The number of hydrogen-bond donors (Lipinski definition) is 1. The maximum Gasteiger partial charge on any atom is 0.346 e. The molecule has 2 aromatic rings. The van der Waals surface area contributed by atoms with Crippen molar-refractivity contribution in [1.29, 1.82) is 0 Å². The third-order valence-corrected chi connectivity index (χ3v) is 3.84. The van der Waals surface area contributed by atoms with Gasteiger partial charge in [0.1, 0.15) is 11.8 Å². The number of rotatable bonds is 4. The molecule has 1 aromatic carbocycles. The first-order valence-corrected chi connectivity index (χ1v) is 7.33. The number of nitrogens with one attached hydrogen (secondary N) is 2. The normalized spacial score (nSPS) is 16.0. The Morgan fingerprint density at radius 3 is 2.68 bits per heavy atom. The van der Waals surface area contributed by atoms with Crippen LogP contribution in [0.2, 0.25) is 0 Å². The third-order valence-electron chi connectivity index (χ3n) is 3.35. The molecule has 2 heterocycles. The fourth-order valence-corrected chi connectivity index (χ4v) is 2.59. The van der Waals surface area contributed by atoms with Crippen LogP contribution in [0.5, 0.6) is 11.5 Å². The van der Waals surface area contributed by atoms with Crippen molar-refractivity contribution in [2.24, 2.45) is 0 Å². The van der Waals surface area contributed by atoms with Crippen molar-refractivity contribution in [1.82, 2.24) is 0 Å². The second-order valence-corrected chi connectivity index (χ2v) is 5.53. The molecule has 0 amide bonds. The van der Waals surface area contributed by atoms with Crippen molar-refractivity contribution in [3.63, 3.8) is 0 Å². The summed E-state index contributed by atoms with van der Waals surface area (Å²) in [6.45, 7) is 0. The molecule has 1 atom stereocenters. The molecule has 0 saturated heterocycles. The molecule has 1 aliphatic rings. The average molecular weight is 366 g/mol. The molecule has 2 N–H and O–H groups in total. The Balaban J connectivity index is 1.96. The molecule has 1 aliphatic heterocycles. The maximum absolute atomic E-state index is 12.2. The molecule has 22 heavy (non-hydrogen) atoms. The highest BCUT2D eigenvalue weighted by Crippen LogP contribution is 2.41. The number of methoxy groups -OCH3 is 2. The van der Waals surface area contributed by atoms with E-state index in [4.69, 9.17) is 14.2 Å². The van der Waals surface area contributed by atoms with Crippen LogP contribution in [0.15, 0.2) is 34.9 Å². The number of benzene rings is 1. The van der Waals surface area contributed by atoms with Crippen LogP contribution in [-0.4, -0.2) is 20.2 Å². The first kappa shape index (κ1) is 14.6. The summed E-state index contributed by atoms with van der Waals surface area (Å²) >= 11 is 3.35. The minimum atomic E-state index is -0.584. The van der Waals surface area contributed by atoms with E-state index in [0.29, 0.717) is 22.6 Å². The van der Waals surface area contributed by atoms with E-state index >= 15 is 0 Å². The summed E-state index contributed by atoms with van der Waals surface area (Å²) in [5, 5.41) is 3.13. The number of halogens is 1. The molecule has 0 spiro atoms. The van der Waals surface area contributed by atoms with Gasteiger partial charge < -0.3 is 14.2 Å². The summed E-state index contributed by atoms with van der Waals surface area (Å²) in [6.07, 6.45) is 1.20. The van der Waals surface area contributed by atoms with Gasteiger partial charge in [-0.05, 0) is 34.1 Å². The average Bonchev–Trinajstić information content (AvgIpc) is 2.85. The maximum atomic E-state index is 12.2. The molecule has 0 radical (unpaired) electrons. The molecule has 1 aromatic heterocycles. The monoisotopic (exact) mass is 365 g/mol. The van der Waals surface area contributed by atoms with E-state index in [1.807, 2.05) is 12.1 Å². The molecular formula is C15H14BrN2O4+. The van der Waals surface area contributed by atoms with Crippen LogP contribution >= 0.6 is 15.9 Å². The lowest BCUT2D eigenvalue weighted by Gasteiger charge is -2.10. The van der Waals surface area contributed by atoms with Crippen molar-refractivity contribution in [3.05, 3.63) is 46.1 Å². The summed E-state index contributed by atoms with van der Waals surface area (Å²) < 4.78 is 16.8. The smallest absolute Gasteiger partial charge is 0.346 e. The highest BCUT2D eigenvalue weighted by Gasteiger charge is 2.38. The second-order valence-electron chi connectivity index (χ2n) is 4.62. The van der Waals surface area contributed by atoms with E-state index in [9.17, 15) is 4.79 Å². The van der Waals surface area contributed by atoms with Crippen LogP contribution in [0.1, 0.15) is 22.1 Å². The van der Waals surface area contributed by atoms with E-state index in [1.54, 1.807) is 18.3 Å². The molecule has 1 unspecified atom stereocenters. The molecule has 0 aliphatic carbocycles. The number of aromatic amines is 1. The molecule has 7 heteroatoms. The number of fused-ring (bicyclic) bond motifs is 1. The van der Waals surface area contributed by atoms with Gasteiger partial charge in [0.2, 0.25) is 0 Å². The van der Waals surface area contributed by atoms with Gasteiger partial charge in [-0.2, -0.15) is 0 Å². The number of cyclic esters (lactones) is 1. The Kier molecular flexibility index (Phi) is 3.89. The van der Waals surface area contributed by atoms with Crippen molar-refractivity contribution >= 4 is 27.7 Å². The fourth-order valence-electron chi connectivity index (χ4n) is 2.34. The minimum absolute atomic E-state index is 0.383. The number of anilines is 1. The Bertz CT molecular complexity index is 718. The van der Waals surface area contributed by atoms with Crippen LogP contribution < -0.4 is 19.8 Å². The molecule has 6 nitrogen and oxygen atoms in total. The molecule has 114 valence electrons. The van der Waals surface area contributed by atoms with Crippen molar-refractivity contribution in [3.8, 4) is 11.5 Å². The zero-order valence-electron chi connectivity index (χ0n) is 12.0. The Labute approximate surface area is 135 Å². The van der Waals surface area contributed by atoms with Crippen LogP contribution in [0.3, 0.4) is 0 Å². The third kappa shape index (κ3) is 2.48. The fraction of sp³-hybridized carbons (Fsp3) is 0.200. The van der Waals surface area contributed by atoms with Crippen molar-refractivity contribution in [2.45, 2.75) is 6.23 Å². The van der Waals surface area contributed by atoms with Crippen LogP contribution in [0.25, 0.3) is 0 Å². The summed E-state index contributed by atoms with van der Waals surface area (Å²) in [5.74, 6) is 1.16. The lowest BCUT2D eigenvalue weighted by atomic mass is 10.1. The molecule has 3 rings (SSSR count). The van der Waals surface area contributed by atoms with E-state index in [2.05, 4.69) is 26.2 Å². The number of carbonyl (C=O) groups is 1. The summed E-state index contributed by atoms with van der Waals surface area (Å²) in [5.41, 5.74) is 1.09. The van der Waals surface area contributed by atoms with Gasteiger partial charge in [-0.15, -0.1) is 0 Å². The predicted molar refractivity (Wildman–Crippen MR) is 82.0 cm³/mol. The zero-order valence-corrected chi connectivity index (χ0v) is 13.6. The lowest BCUT2D eigenvalue weighted by molar-refractivity contribution is -0.362. The Hall–Kier alpha value is -2.28. The van der Waals surface area contributed by atoms with E-state index < -0.39 is 12.2 Å². The van der Waals surface area contributed by atoms with Gasteiger partial charge >= 0.3 is 5.97 Å². The quantitative estimate of drug-likeness (QED) is 0.843. The lowest BCUT2D eigenvalue weighted by Crippen LogP contribution is -2.17.